The molecule has 0 fully saturated rings. The lowest BCUT2D eigenvalue weighted by Gasteiger charge is -2.12. The molecule has 1 amide bonds. The topological polar surface area (TPSA) is 73.9 Å². The molecule has 1 heterocycles. The Morgan fingerprint density at radius 2 is 1.84 bits per heavy atom. The standard InChI is InChI=1S/C19H19NO5/c1-11-4-6-12(7-5-11)20-16(21)10-15-13-8-9-14(23-2)18(24-3)17(13)19(22)25-15/h4-9,15H,10H2,1-3H3,(H,20,21)/t15-/m0/s1. The highest BCUT2D eigenvalue weighted by Gasteiger charge is 2.36. The minimum Gasteiger partial charge on any atom is -0.493 e. The molecule has 130 valence electrons. The van der Waals surface area contributed by atoms with E-state index in [1.807, 2.05) is 31.2 Å². The minimum atomic E-state index is -0.646. The van der Waals surface area contributed by atoms with E-state index in [1.54, 1.807) is 12.1 Å². The van der Waals surface area contributed by atoms with Crippen LogP contribution in [0.2, 0.25) is 0 Å². The van der Waals surface area contributed by atoms with Gasteiger partial charge in [-0.05, 0) is 25.1 Å². The maximum Gasteiger partial charge on any atom is 0.343 e. The van der Waals surface area contributed by atoms with Gasteiger partial charge >= 0.3 is 5.97 Å². The van der Waals surface area contributed by atoms with Gasteiger partial charge in [0.1, 0.15) is 11.7 Å². The molecule has 2 aromatic carbocycles. The average molecular weight is 341 g/mol. The van der Waals surface area contributed by atoms with Crippen molar-refractivity contribution in [3.8, 4) is 11.5 Å². The Hall–Kier alpha value is -3.02. The zero-order valence-corrected chi connectivity index (χ0v) is 14.3. The van der Waals surface area contributed by atoms with E-state index in [1.165, 1.54) is 14.2 Å². The lowest BCUT2D eigenvalue weighted by atomic mass is 10.0. The Morgan fingerprint density at radius 1 is 1.12 bits per heavy atom. The van der Waals surface area contributed by atoms with E-state index in [2.05, 4.69) is 5.32 Å². The van der Waals surface area contributed by atoms with E-state index >= 15 is 0 Å². The van der Waals surface area contributed by atoms with E-state index in [0.29, 0.717) is 28.3 Å². The summed E-state index contributed by atoms with van der Waals surface area (Å²) in [6.07, 6.45) is -0.616. The Bertz CT molecular complexity index is 813. The molecule has 1 aliphatic rings. The molecule has 0 saturated carbocycles. The van der Waals surface area contributed by atoms with Crippen LogP contribution in [-0.4, -0.2) is 26.1 Å². The first-order chi connectivity index (χ1) is 12.0. The van der Waals surface area contributed by atoms with E-state index in [0.717, 1.165) is 5.56 Å². The summed E-state index contributed by atoms with van der Waals surface area (Å²) in [4.78, 5) is 24.5. The summed E-state index contributed by atoms with van der Waals surface area (Å²) in [6.45, 7) is 1.97. The molecule has 1 N–H and O–H groups in total. The highest BCUT2D eigenvalue weighted by Crippen LogP contribution is 2.42. The number of amides is 1. The summed E-state index contributed by atoms with van der Waals surface area (Å²) in [5, 5.41) is 2.81. The Morgan fingerprint density at radius 3 is 2.48 bits per heavy atom. The molecule has 0 aromatic heterocycles. The fourth-order valence-corrected chi connectivity index (χ4v) is 2.84. The summed E-state index contributed by atoms with van der Waals surface area (Å²) in [6, 6.07) is 10.9. The molecule has 0 bridgehead atoms. The number of cyclic esters (lactones) is 1. The predicted octanol–water partition coefficient (Wildman–Crippen LogP) is 3.25. The molecular weight excluding hydrogens is 322 g/mol. The van der Waals surface area contributed by atoms with Crippen LogP contribution in [0.1, 0.15) is 34.0 Å². The monoisotopic (exact) mass is 341 g/mol. The van der Waals surface area contributed by atoms with Gasteiger partial charge in [-0.3, -0.25) is 4.79 Å². The van der Waals surface area contributed by atoms with Gasteiger partial charge in [-0.15, -0.1) is 0 Å². The second-order valence-corrected chi connectivity index (χ2v) is 5.78. The van der Waals surface area contributed by atoms with Crippen LogP contribution in [0.5, 0.6) is 11.5 Å². The van der Waals surface area contributed by atoms with Gasteiger partial charge in [0.15, 0.2) is 11.5 Å². The summed E-state index contributed by atoms with van der Waals surface area (Å²) in [5.41, 5.74) is 2.75. The van der Waals surface area contributed by atoms with Crippen LogP contribution in [0.3, 0.4) is 0 Å². The molecule has 3 rings (SSSR count). The van der Waals surface area contributed by atoms with Crippen molar-refractivity contribution in [2.24, 2.45) is 0 Å². The van der Waals surface area contributed by atoms with Gasteiger partial charge in [0, 0.05) is 11.3 Å². The van der Waals surface area contributed by atoms with Gasteiger partial charge in [-0.2, -0.15) is 0 Å². The smallest absolute Gasteiger partial charge is 0.343 e. The van der Waals surface area contributed by atoms with Crippen LogP contribution in [0.15, 0.2) is 36.4 Å². The van der Waals surface area contributed by atoms with Crippen LogP contribution in [0, 0.1) is 6.92 Å². The lowest BCUT2D eigenvalue weighted by molar-refractivity contribution is -0.118. The normalized spacial score (nSPS) is 15.3. The van der Waals surface area contributed by atoms with Crippen molar-refractivity contribution in [3.63, 3.8) is 0 Å². The van der Waals surface area contributed by atoms with Crippen molar-refractivity contribution in [2.75, 3.05) is 19.5 Å². The van der Waals surface area contributed by atoms with E-state index < -0.39 is 12.1 Å². The van der Waals surface area contributed by atoms with Crippen molar-refractivity contribution in [1.82, 2.24) is 0 Å². The van der Waals surface area contributed by atoms with E-state index in [9.17, 15) is 9.59 Å². The Balaban J connectivity index is 1.79. The van der Waals surface area contributed by atoms with Crippen LogP contribution in [-0.2, 0) is 9.53 Å². The minimum absolute atomic E-state index is 0.0299. The molecule has 6 heteroatoms. The molecule has 25 heavy (non-hydrogen) atoms. The number of ether oxygens (including phenoxy) is 3. The number of nitrogens with one attached hydrogen (secondary N) is 1. The highest BCUT2D eigenvalue weighted by molar-refractivity contribution is 5.99. The number of aryl methyl sites for hydroxylation is 1. The molecule has 1 atom stereocenters. The fourth-order valence-electron chi connectivity index (χ4n) is 2.84. The van der Waals surface area contributed by atoms with Crippen LogP contribution < -0.4 is 14.8 Å². The van der Waals surface area contributed by atoms with E-state index in [-0.39, 0.29) is 12.3 Å². The number of carbonyl (C=O) groups is 2. The van der Waals surface area contributed by atoms with Crippen LogP contribution in [0.25, 0.3) is 0 Å². The zero-order chi connectivity index (χ0) is 18.0. The quantitative estimate of drug-likeness (QED) is 0.845. The van der Waals surface area contributed by atoms with Gasteiger partial charge in [-0.25, -0.2) is 4.79 Å². The number of benzene rings is 2. The highest BCUT2D eigenvalue weighted by atomic mass is 16.6. The van der Waals surface area contributed by atoms with Gasteiger partial charge in [0.25, 0.3) is 0 Å². The molecule has 6 nitrogen and oxygen atoms in total. The molecule has 0 radical (unpaired) electrons. The van der Waals surface area contributed by atoms with Gasteiger partial charge in [-0.1, -0.05) is 23.8 Å². The van der Waals surface area contributed by atoms with Crippen molar-refractivity contribution in [2.45, 2.75) is 19.4 Å². The van der Waals surface area contributed by atoms with Crippen LogP contribution in [0.4, 0.5) is 5.69 Å². The molecule has 0 unspecified atom stereocenters. The second-order valence-electron chi connectivity index (χ2n) is 5.78. The number of anilines is 1. The molecular formula is C19H19NO5. The second kappa shape index (κ2) is 6.84. The van der Waals surface area contributed by atoms with Gasteiger partial charge in [0.05, 0.1) is 20.6 Å². The van der Waals surface area contributed by atoms with Crippen molar-refractivity contribution >= 4 is 17.6 Å². The summed E-state index contributed by atoms with van der Waals surface area (Å²) in [5.74, 6) is 0.0255. The first kappa shape index (κ1) is 16.8. The maximum atomic E-state index is 12.3. The number of carbonyl (C=O) groups excluding carboxylic acids is 2. The molecule has 0 saturated heterocycles. The van der Waals surface area contributed by atoms with Crippen molar-refractivity contribution < 1.29 is 23.8 Å². The number of hydrogen-bond donors (Lipinski definition) is 1. The first-order valence-corrected chi connectivity index (χ1v) is 7.86. The van der Waals surface area contributed by atoms with E-state index in [4.69, 9.17) is 14.2 Å². The maximum absolute atomic E-state index is 12.3. The summed E-state index contributed by atoms with van der Waals surface area (Å²) < 4.78 is 15.9. The van der Waals surface area contributed by atoms with Crippen molar-refractivity contribution in [3.05, 3.63) is 53.1 Å². The van der Waals surface area contributed by atoms with Crippen LogP contribution >= 0.6 is 0 Å². The Kier molecular flexibility index (Phi) is 4.61. The third kappa shape index (κ3) is 3.28. The molecule has 1 aliphatic heterocycles. The number of hydrogen-bond acceptors (Lipinski definition) is 5. The molecule has 0 spiro atoms. The third-order valence-electron chi connectivity index (χ3n) is 4.08. The van der Waals surface area contributed by atoms with Crippen molar-refractivity contribution in [1.29, 1.82) is 0 Å². The van der Waals surface area contributed by atoms with Gasteiger partial charge in [0.2, 0.25) is 5.91 Å². The first-order valence-electron chi connectivity index (χ1n) is 7.86. The predicted molar refractivity (Wildman–Crippen MR) is 92.1 cm³/mol. The SMILES string of the molecule is COc1ccc2c(c1OC)C(=O)O[C@H]2CC(=O)Nc1ccc(C)cc1. The number of esters is 1. The van der Waals surface area contributed by atoms with Gasteiger partial charge < -0.3 is 19.5 Å². The summed E-state index contributed by atoms with van der Waals surface area (Å²) >= 11 is 0. The lowest BCUT2D eigenvalue weighted by Crippen LogP contribution is -2.15. The fraction of sp³-hybridized carbons (Fsp3) is 0.263. The number of rotatable bonds is 5. The Labute approximate surface area is 145 Å². The third-order valence-corrected chi connectivity index (χ3v) is 4.08. The zero-order valence-electron chi connectivity index (χ0n) is 14.3. The average Bonchev–Trinajstić information content (AvgIpc) is 2.91. The number of fused-ring (bicyclic) bond motifs is 1. The molecule has 2 aromatic rings. The molecule has 0 aliphatic carbocycles. The largest absolute Gasteiger partial charge is 0.493 e. The number of methoxy groups -OCH3 is 2. The summed E-state index contributed by atoms with van der Waals surface area (Å²) in [7, 11) is 2.96.